The molecule has 0 aliphatic rings. The van der Waals surface area contributed by atoms with Crippen molar-refractivity contribution in [3.63, 3.8) is 0 Å². The Bertz CT molecular complexity index is 502. The van der Waals surface area contributed by atoms with Crippen molar-refractivity contribution in [3.8, 4) is 5.75 Å². The van der Waals surface area contributed by atoms with Gasteiger partial charge in [-0.3, -0.25) is 9.59 Å². The van der Waals surface area contributed by atoms with Gasteiger partial charge in [-0.05, 0) is 18.1 Å². The topological polar surface area (TPSA) is 64.6 Å². The SMILES string of the molecule is COC(=O)CNC(=O)CCc1ccccc1OC(F)(F)F. The Labute approximate surface area is 119 Å². The van der Waals surface area contributed by atoms with Crippen molar-refractivity contribution in [2.75, 3.05) is 13.7 Å². The number of aryl methyl sites for hydroxylation is 1. The van der Waals surface area contributed by atoms with Crippen LogP contribution in [0.15, 0.2) is 24.3 Å². The number of carbonyl (C=O) groups excluding carboxylic acids is 2. The van der Waals surface area contributed by atoms with Crippen LogP contribution in [0.4, 0.5) is 13.2 Å². The van der Waals surface area contributed by atoms with Gasteiger partial charge in [0.1, 0.15) is 12.3 Å². The first-order chi connectivity index (χ1) is 9.81. The second-order valence-corrected chi connectivity index (χ2v) is 4.01. The number of hydrogen-bond acceptors (Lipinski definition) is 4. The number of halogens is 3. The lowest BCUT2D eigenvalue weighted by Gasteiger charge is -2.13. The molecule has 0 fully saturated rings. The summed E-state index contributed by atoms with van der Waals surface area (Å²) in [5, 5.41) is 2.29. The standard InChI is InChI=1S/C13H14F3NO4/c1-20-12(19)8-17-11(18)7-6-9-4-2-3-5-10(9)21-13(14,15)16/h2-5H,6-8H2,1H3,(H,17,18). The highest BCUT2D eigenvalue weighted by Gasteiger charge is 2.31. The molecule has 0 unspecified atom stereocenters. The smallest absolute Gasteiger partial charge is 0.468 e. The molecule has 116 valence electrons. The molecule has 1 N–H and O–H groups in total. The first-order valence-electron chi connectivity index (χ1n) is 5.99. The van der Waals surface area contributed by atoms with E-state index >= 15 is 0 Å². The Morgan fingerprint density at radius 1 is 1.24 bits per heavy atom. The lowest BCUT2D eigenvalue weighted by atomic mass is 10.1. The number of amides is 1. The molecular formula is C13H14F3NO4. The summed E-state index contributed by atoms with van der Waals surface area (Å²) < 4.78 is 44.9. The van der Waals surface area contributed by atoms with Gasteiger partial charge in [0.25, 0.3) is 0 Å². The zero-order valence-electron chi connectivity index (χ0n) is 11.2. The van der Waals surface area contributed by atoms with E-state index in [-0.39, 0.29) is 30.7 Å². The van der Waals surface area contributed by atoms with Gasteiger partial charge in [-0.2, -0.15) is 0 Å². The second kappa shape index (κ2) is 7.51. The minimum Gasteiger partial charge on any atom is -0.468 e. The summed E-state index contributed by atoms with van der Waals surface area (Å²) in [6.45, 7) is -0.282. The van der Waals surface area contributed by atoms with Crippen molar-refractivity contribution >= 4 is 11.9 Å². The number of esters is 1. The third-order valence-electron chi connectivity index (χ3n) is 2.48. The minimum atomic E-state index is -4.79. The average molecular weight is 305 g/mol. The van der Waals surface area contributed by atoms with Crippen molar-refractivity contribution in [1.29, 1.82) is 0 Å². The van der Waals surface area contributed by atoms with Crippen LogP contribution in [-0.4, -0.2) is 31.9 Å². The van der Waals surface area contributed by atoms with Crippen molar-refractivity contribution in [2.45, 2.75) is 19.2 Å². The van der Waals surface area contributed by atoms with Crippen molar-refractivity contribution in [2.24, 2.45) is 0 Å². The molecule has 1 aromatic rings. The van der Waals surface area contributed by atoms with E-state index in [1.165, 1.54) is 25.3 Å². The fourth-order valence-corrected chi connectivity index (χ4v) is 1.51. The van der Waals surface area contributed by atoms with Gasteiger partial charge in [-0.15, -0.1) is 13.2 Å². The van der Waals surface area contributed by atoms with E-state index in [4.69, 9.17) is 0 Å². The summed E-state index contributed by atoms with van der Waals surface area (Å²) in [7, 11) is 1.18. The summed E-state index contributed by atoms with van der Waals surface area (Å²) in [4.78, 5) is 22.3. The molecule has 0 spiro atoms. The van der Waals surface area contributed by atoms with Crippen LogP contribution in [0.5, 0.6) is 5.75 Å². The van der Waals surface area contributed by atoms with Gasteiger partial charge in [-0.1, -0.05) is 18.2 Å². The monoisotopic (exact) mass is 305 g/mol. The highest BCUT2D eigenvalue weighted by Crippen LogP contribution is 2.26. The number of carbonyl (C=O) groups is 2. The number of rotatable bonds is 6. The summed E-state index contributed by atoms with van der Waals surface area (Å²) in [5.74, 6) is -1.42. The number of nitrogens with one attached hydrogen (secondary N) is 1. The van der Waals surface area contributed by atoms with Gasteiger partial charge in [0.05, 0.1) is 7.11 Å². The zero-order valence-corrected chi connectivity index (χ0v) is 11.2. The third kappa shape index (κ3) is 6.64. The summed E-state index contributed by atoms with van der Waals surface area (Å²) in [6.07, 6.45) is -4.81. The Morgan fingerprint density at radius 3 is 2.52 bits per heavy atom. The average Bonchev–Trinajstić information content (AvgIpc) is 2.42. The molecule has 0 radical (unpaired) electrons. The van der Waals surface area contributed by atoms with Gasteiger partial charge in [-0.25, -0.2) is 0 Å². The Morgan fingerprint density at radius 2 is 1.90 bits per heavy atom. The maximum Gasteiger partial charge on any atom is 0.573 e. The molecule has 0 aliphatic carbocycles. The van der Waals surface area contributed by atoms with E-state index in [1.54, 1.807) is 6.07 Å². The van der Waals surface area contributed by atoms with E-state index in [1.807, 2.05) is 0 Å². The number of methoxy groups -OCH3 is 1. The second-order valence-electron chi connectivity index (χ2n) is 4.01. The largest absolute Gasteiger partial charge is 0.573 e. The zero-order chi connectivity index (χ0) is 15.9. The van der Waals surface area contributed by atoms with E-state index in [0.29, 0.717) is 0 Å². The van der Waals surface area contributed by atoms with Crippen LogP contribution in [0.1, 0.15) is 12.0 Å². The van der Waals surface area contributed by atoms with Crippen LogP contribution in [0.2, 0.25) is 0 Å². The van der Waals surface area contributed by atoms with Gasteiger partial charge in [0, 0.05) is 6.42 Å². The molecule has 0 saturated carbocycles. The first kappa shape index (κ1) is 16.8. The normalized spacial score (nSPS) is 10.9. The number of para-hydroxylation sites is 1. The molecule has 1 rings (SSSR count). The lowest BCUT2D eigenvalue weighted by Crippen LogP contribution is -2.30. The van der Waals surface area contributed by atoms with Crippen LogP contribution in [0, 0.1) is 0 Å². The third-order valence-corrected chi connectivity index (χ3v) is 2.48. The predicted molar refractivity (Wildman–Crippen MR) is 66.5 cm³/mol. The maximum absolute atomic E-state index is 12.2. The van der Waals surface area contributed by atoms with Gasteiger partial charge in [0.2, 0.25) is 5.91 Å². The lowest BCUT2D eigenvalue weighted by molar-refractivity contribution is -0.274. The van der Waals surface area contributed by atoms with E-state index in [9.17, 15) is 22.8 Å². The summed E-state index contributed by atoms with van der Waals surface area (Å²) in [5.41, 5.74) is 0.253. The van der Waals surface area contributed by atoms with Crippen molar-refractivity contribution < 1.29 is 32.2 Å². The van der Waals surface area contributed by atoms with Crippen LogP contribution < -0.4 is 10.1 Å². The quantitative estimate of drug-likeness (QED) is 0.814. The highest BCUT2D eigenvalue weighted by atomic mass is 19.4. The molecule has 0 bridgehead atoms. The van der Waals surface area contributed by atoms with Gasteiger partial charge >= 0.3 is 12.3 Å². The first-order valence-corrected chi connectivity index (χ1v) is 5.99. The van der Waals surface area contributed by atoms with Crippen molar-refractivity contribution in [3.05, 3.63) is 29.8 Å². The van der Waals surface area contributed by atoms with Gasteiger partial charge < -0.3 is 14.8 Å². The molecular weight excluding hydrogens is 291 g/mol. The summed E-state index contributed by atoms with van der Waals surface area (Å²) >= 11 is 0. The van der Waals surface area contributed by atoms with E-state index in [2.05, 4.69) is 14.8 Å². The van der Waals surface area contributed by atoms with Crippen LogP contribution in [0.3, 0.4) is 0 Å². The van der Waals surface area contributed by atoms with Crippen LogP contribution >= 0.6 is 0 Å². The van der Waals surface area contributed by atoms with Gasteiger partial charge in [0.15, 0.2) is 0 Å². The number of hydrogen-bond donors (Lipinski definition) is 1. The van der Waals surface area contributed by atoms with Crippen molar-refractivity contribution in [1.82, 2.24) is 5.32 Å². The number of benzene rings is 1. The van der Waals surface area contributed by atoms with Crippen LogP contribution in [0.25, 0.3) is 0 Å². The maximum atomic E-state index is 12.2. The molecule has 1 aromatic carbocycles. The summed E-state index contributed by atoms with van der Waals surface area (Å²) in [6, 6.07) is 5.57. The molecule has 8 heteroatoms. The molecule has 1 amide bonds. The highest BCUT2D eigenvalue weighted by molar-refractivity contribution is 5.81. The predicted octanol–water partition coefficient (Wildman–Crippen LogP) is 1.81. The fraction of sp³-hybridized carbons (Fsp3) is 0.385. The van der Waals surface area contributed by atoms with Crippen LogP contribution in [-0.2, 0) is 20.7 Å². The Kier molecular flexibility index (Phi) is 6.01. The molecule has 5 nitrogen and oxygen atoms in total. The van der Waals surface area contributed by atoms with E-state index in [0.717, 1.165) is 0 Å². The molecule has 0 aliphatic heterocycles. The minimum absolute atomic E-state index is 0.0548. The molecule has 21 heavy (non-hydrogen) atoms. The number of ether oxygens (including phenoxy) is 2. The van der Waals surface area contributed by atoms with E-state index < -0.39 is 18.2 Å². The Balaban J connectivity index is 2.55. The molecule has 0 aromatic heterocycles. The fourth-order valence-electron chi connectivity index (χ4n) is 1.51. The molecule has 0 saturated heterocycles. The Hall–Kier alpha value is -2.25. The molecule has 0 heterocycles. The number of alkyl halides is 3. The molecule has 0 atom stereocenters.